The van der Waals surface area contributed by atoms with Crippen molar-refractivity contribution in [3.63, 3.8) is 0 Å². The van der Waals surface area contributed by atoms with Crippen LogP contribution in [0.15, 0.2) is 16.3 Å². The molecule has 4 rings (SSSR count). The van der Waals surface area contributed by atoms with Crippen LogP contribution >= 0.6 is 23.5 Å². The predicted octanol–water partition coefficient (Wildman–Crippen LogP) is 0.492. The first-order valence-electron chi connectivity index (χ1n) is 7.66. The van der Waals surface area contributed by atoms with Crippen LogP contribution in [-0.4, -0.2) is 58.5 Å². The molecule has 0 spiro atoms. The number of carboxylic acids is 1. The van der Waals surface area contributed by atoms with Crippen LogP contribution in [0.1, 0.15) is 19.2 Å². The number of amides is 1. The molecule has 0 bridgehead atoms. The lowest BCUT2D eigenvalue weighted by Crippen LogP contribution is -2.60. The number of hydrogen-bond acceptors (Lipinski definition) is 7. The molecule has 1 aromatic heterocycles. The quantitative estimate of drug-likeness (QED) is 0.739. The first-order chi connectivity index (χ1) is 11.5. The molecule has 1 amide bonds. The lowest BCUT2D eigenvalue weighted by molar-refractivity contribution is -0.156. The average molecular weight is 368 g/mol. The largest absolute Gasteiger partial charge is 0.477 e. The molecule has 128 valence electrons. The van der Waals surface area contributed by atoms with E-state index in [2.05, 4.69) is 10.2 Å². The fraction of sp³-hybridized carbons (Fsp3) is 0.571. The van der Waals surface area contributed by atoms with E-state index in [-0.39, 0.29) is 22.2 Å². The molecule has 2 unspecified atom stereocenters. The summed E-state index contributed by atoms with van der Waals surface area (Å²) in [5, 5.41) is 27.2. The highest BCUT2D eigenvalue weighted by molar-refractivity contribution is 8.23. The van der Waals surface area contributed by atoms with E-state index in [4.69, 9.17) is 0 Å². The monoisotopic (exact) mass is 368 g/mol. The second-order valence-electron chi connectivity index (χ2n) is 6.10. The Bertz CT molecular complexity index is 747. The number of β-lactam (4-membered cyclic amide) rings is 1. The maximum Gasteiger partial charge on any atom is 0.354 e. The van der Waals surface area contributed by atoms with Crippen LogP contribution in [0.5, 0.6) is 0 Å². The minimum Gasteiger partial charge on any atom is -0.477 e. The van der Waals surface area contributed by atoms with Crippen molar-refractivity contribution in [1.82, 2.24) is 19.7 Å². The number of aromatic nitrogens is 3. The average Bonchev–Trinajstić information content (AvgIpc) is 3.09. The zero-order valence-electron chi connectivity index (χ0n) is 12.8. The number of aliphatic hydroxyl groups excluding tert-OH is 1. The fourth-order valence-electron chi connectivity index (χ4n) is 3.30. The Labute approximate surface area is 146 Å². The van der Waals surface area contributed by atoms with Gasteiger partial charge in [0.2, 0.25) is 5.91 Å². The third-order valence-corrected chi connectivity index (χ3v) is 7.41. The third kappa shape index (κ3) is 2.35. The summed E-state index contributed by atoms with van der Waals surface area (Å²) in [6, 6.07) is 0. The molecule has 1 aromatic rings. The van der Waals surface area contributed by atoms with E-state index < -0.39 is 18.0 Å². The number of carboxylic acid groups (broad SMARTS) is 1. The number of carbonyl (C=O) groups is 2. The van der Waals surface area contributed by atoms with Crippen LogP contribution < -0.4 is 0 Å². The molecule has 1 fully saturated rings. The van der Waals surface area contributed by atoms with Gasteiger partial charge in [0.25, 0.3) is 0 Å². The van der Waals surface area contributed by atoms with E-state index in [9.17, 15) is 19.8 Å². The van der Waals surface area contributed by atoms with Crippen LogP contribution in [0, 0.1) is 5.92 Å². The van der Waals surface area contributed by atoms with Crippen LogP contribution in [-0.2, 0) is 22.6 Å². The van der Waals surface area contributed by atoms with Gasteiger partial charge < -0.3 is 14.8 Å². The Morgan fingerprint density at radius 1 is 1.54 bits per heavy atom. The zero-order chi connectivity index (χ0) is 17.0. The Morgan fingerprint density at radius 3 is 3.04 bits per heavy atom. The van der Waals surface area contributed by atoms with Crippen molar-refractivity contribution in [2.75, 3.05) is 0 Å². The van der Waals surface area contributed by atoms with Gasteiger partial charge in [-0.2, -0.15) is 0 Å². The van der Waals surface area contributed by atoms with Crippen LogP contribution in [0.3, 0.4) is 0 Å². The van der Waals surface area contributed by atoms with Gasteiger partial charge in [-0.1, -0.05) is 11.8 Å². The summed E-state index contributed by atoms with van der Waals surface area (Å²) >= 11 is 2.88. The summed E-state index contributed by atoms with van der Waals surface area (Å²) in [5.74, 6) is -1.03. The zero-order valence-corrected chi connectivity index (χ0v) is 14.5. The molecule has 0 saturated carbocycles. The molecule has 4 heterocycles. The van der Waals surface area contributed by atoms with Crippen molar-refractivity contribution in [1.29, 1.82) is 0 Å². The Balaban J connectivity index is 1.55. The SMILES string of the molecule is CC(O)[C@H]1C(=O)N2C(C(=O)O)=C(SC3CCn4cnnc4C3)S[C@H]12. The van der Waals surface area contributed by atoms with Crippen molar-refractivity contribution in [3.8, 4) is 0 Å². The minimum absolute atomic E-state index is 0.0592. The first-order valence-corrected chi connectivity index (χ1v) is 9.42. The number of carbonyl (C=O) groups excluding carboxylic acids is 1. The van der Waals surface area contributed by atoms with Crippen LogP contribution in [0.25, 0.3) is 0 Å². The minimum atomic E-state index is -1.09. The van der Waals surface area contributed by atoms with E-state index in [1.54, 1.807) is 13.3 Å². The van der Waals surface area contributed by atoms with Crippen molar-refractivity contribution >= 4 is 35.4 Å². The second kappa shape index (κ2) is 5.78. The first kappa shape index (κ1) is 16.0. The molecule has 8 nitrogen and oxygen atoms in total. The summed E-state index contributed by atoms with van der Waals surface area (Å²) in [7, 11) is 0. The molecule has 24 heavy (non-hydrogen) atoms. The van der Waals surface area contributed by atoms with Crippen LogP contribution in [0.2, 0.25) is 0 Å². The fourth-order valence-corrected chi connectivity index (χ4v) is 6.60. The second-order valence-corrected chi connectivity index (χ2v) is 8.79. The van der Waals surface area contributed by atoms with Gasteiger partial charge in [0, 0.05) is 18.2 Å². The highest BCUT2D eigenvalue weighted by Crippen LogP contribution is 2.55. The Kier molecular flexibility index (Phi) is 3.85. The normalized spacial score (nSPS) is 30.0. The number of rotatable bonds is 4. The standard InChI is InChI=1S/C14H16N4O4S2/c1-6(19)9-11(20)18-10(13(21)22)14(24-12(9)18)23-7-2-3-17-5-15-16-8(17)4-7/h5-7,9,12,19H,2-4H2,1H3,(H,21,22)/t6?,7?,9-,12+/m0/s1. The smallest absolute Gasteiger partial charge is 0.354 e. The van der Waals surface area contributed by atoms with Crippen molar-refractivity contribution in [2.45, 2.75) is 43.0 Å². The van der Waals surface area contributed by atoms with Crippen LogP contribution in [0.4, 0.5) is 0 Å². The van der Waals surface area contributed by atoms with Gasteiger partial charge in [-0.15, -0.1) is 22.0 Å². The summed E-state index contributed by atoms with van der Waals surface area (Å²) in [6.45, 7) is 2.38. The summed E-state index contributed by atoms with van der Waals surface area (Å²) in [5.41, 5.74) is 0.0592. The van der Waals surface area contributed by atoms with Gasteiger partial charge in [0.1, 0.15) is 17.5 Å². The number of aliphatic hydroxyl groups is 1. The number of thioether (sulfide) groups is 2. The number of fused-ring (bicyclic) bond motifs is 2. The van der Waals surface area contributed by atoms with E-state index in [0.29, 0.717) is 4.24 Å². The van der Waals surface area contributed by atoms with Gasteiger partial charge in [0.05, 0.1) is 16.3 Å². The number of aliphatic carboxylic acids is 1. The van der Waals surface area contributed by atoms with Crippen molar-refractivity contribution in [2.24, 2.45) is 5.92 Å². The molecule has 10 heteroatoms. The molecule has 3 aliphatic rings. The topological polar surface area (TPSA) is 109 Å². The highest BCUT2D eigenvalue weighted by Gasteiger charge is 2.57. The summed E-state index contributed by atoms with van der Waals surface area (Å²) < 4.78 is 2.66. The summed E-state index contributed by atoms with van der Waals surface area (Å²) in [6.07, 6.45) is 2.55. The molecule has 4 atom stereocenters. The molecule has 2 N–H and O–H groups in total. The number of nitrogens with zero attached hydrogens (tertiary/aromatic N) is 4. The Morgan fingerprint density at radius 2 is 2.33 bits per heavy atom. The van der Waals surface area contributed by atoms with Gasteiger partial charge in [-0.25, -0.2) is 4.79 Å². The lowest BCUT2D eigenvalue weighted by Gasteiger charge is -2.43. The van der Waals surface area contributed by atoms with E-state index in [1.807, 2.05) is 4.57 Å². The number of hydrogen-bond donors (Lipinski definition) is 2. The predicted molar refractivity (Wildman–Crippen MR) is 87.8 cm³/mol. The third-order valence-electron chi connectivity index (χ3n) is 4.54. The van der Waals surface area contributed by atoms with E-state index in [1.165, 1.54) is 28.4 Å². The molecule has 0 radical (unpaired) electrons. The highest BCUT2D eigenvalue weighted by atomic mass is 32.2. The molecule has 3 aliphatic heterocycles. The van der Waals surface area contributed by atoms with Gasteiger partial charge in [-0.3, -0.25) is 9.69 Å². The molecular formula is C14H16N4O4S2. The lowest BCUT2D eigenvalue weighted by atomic mass is 9.92. The van der Waals surface area contributed by atoms with Crippen molar-refractivity contribution < 1.29 is 19.8 Å². The van der Waals surface area contributed by atoms with E-state index >= 15 is 0 Å². The molecule has 0 aromatic carbocycles. The van der Waals surface area contributed by atoms with E-state index in [0.717, 1.165) is 25.2 Å². The summed E-state index contributed by atoms with van der Waals surface area (Å²) in [4.78, 5) is 25.2. The molecule has 0 aliphatic carbocycles. The van der Waals surface area contributed by atoms with Gasteiger partial charge >= 0.3 is 5.97 Å². The maximum absolute atomic E-state index is 12.2. The van der Waals surface area contributed by atoms with Crippen molar-refractivity contribution in [3.05, 3.63) is 22.1 Å². The van der Waals surface area contributed by atoms with Gasteiger partial charge in [-0.05, 0) is 13.3 Å². The Hall–Kier alpha value is -1.52. The van der Waals surface area contributed by atoms with Gasteiger partial charge in [0.15, 0.2) is 5.70 Å². The molecule has 1 saturated heterocycles. The molecular weight excluding hydrogens is 352 g/mol. The maximum atomic E-state index is 12.2. The number of aryl methyl sites for hydroxylation is 1.